The van der Waals surface area contributed by atoms with Crippen molar-refractivity contribution in [3.63, 3.8) is 0 Å². The molecule has 2 N–H and O–H groups in total. The van der Waals surface area contributed by atoms with E-state index in [1.165, 1.54) is 25.0 Å². The largest absolute Gasteiger partial charge is 0.493 e. The average molecular weight is 422 g/mol. The second kappa shape index (κ2) is 9.51. The first-order valence-corrected chi connectivity index (χ1v) is 10.3. The Morgan fingerprint density at radius 3 is 2.71 bits per heavy atom. The first-order valence-electron chi connectivity index (χ1n) is 10.3. The van der Waals surface area contributed by atoms with E-state index in [9.17, 15) is 14.0 Å². The Morgan fingerprint density at radius 2 is 1.97 bits per heavy atom. The van der Waals surface area contributed by atoms with Crippen LogP contribution in [0.15, 0.2) is 53.3 Å². The number of benzene rings is 2. The van der Waals surface area contributed by atoms with Crippen molar-refractivity contribution in [2.45, 2.75) is 32.2 Å². The van der Waals surface area contributed by atoms with Crippen molar-refractivity contribution in [3.05, 3.63) is 76.0 Å². The lowest BCUT2D eigenvalue weighted by molar-refractivity contribution is -0.121. The van der Waals surface area contributed by atoms with Crippen molar-refractivity contribution in [1.82, 2.24) is 20.5 Å². The van der Waals surface area contributed by atoms with E-state index >= 15 is 0 Å². The fourth-order valence-corrected chi connectivity index (χ4v) is 3.01. The van der Waals surface area contributed by atoms with Crippen LogP contribution in [-0.4, -0.2) is 27.7 Å². The van der Waals surface area contributed by atoms with Gasteiger partial charge in [0.1, 0.15) is 17.3 Å². The Morgan fingerprint density at radius 1 is 1.16 bits per heavy atom. The van der Waals surface area contributed by atoms with Gasteiger partial charge in [0, 0.05) is 24.9 Å². The van der Waals surface area contributed by atoms with Crippen LogP contribution >= 0.6 is 0 Å². The highest BCUT2D eigenvalue weighted by Crippen LogP contribution is 2.30. The van der Waals surface area contributed by atoms with Crippen LogP contribution in [0.1, 0.15) is 30.5 Å². The number of halogens is 1. The van der Waals surface area contributed by atoms with Crippen LogP contribution in [0.25, 0.3) is 11.4 Å². The molecule has 7 nitrogen and oxygen atoms in total. The summed E-state index contributed by atoms with van der Waals surface area (Å²) in [6.45, 7) is 0.993. The predicted octanol–water partition coefficient (Wildman–Crippen LogP) is 3.01. The fourth-order valence-electron chi connectivity index (χ4n) is 3.01. The predicted molar refractivity (Wildman–Crippen MR) is 113 cm³/mol. The standard InChI is InChI=1S/C23H23FN4O3/c24-18-8-6-15(7-9-18)13-25-21(29)11-10-20-23(30)26-22(28-27-20)17-2-1-3-19(12-17)31-14-16-4-5-16/h1-3,6-9,12,16H,4-5,10-11,13-14H2,(H,25,29)(H,26,28,30). The first-order chi connectivity index (χ1) is 15.1. The number of rotatable bonds is 9. The van der Waals surface area contributed by atoms with Crippen LogP contribution < -0.4 is 15.6 Å². The van der Waals surface area contributed by atoms with Gasteiger partial charge in [-0.15, -0.1) is 10.2 Å². The van der Waals surface area contributed by atoms with E-state index < -0.39 is 0 Å². The number of nitrogens with zero attached hydrogens (tertiary/aromatic N) is 2. The van der Waals surface area contributed by atoms with Gasteiger partial charge >= 0.3 is 0 Å². The zero-order valence-corrected chi connectivity index (χ0v) is 16.9. The van der Waals surface area contributed by atoms with Gasteiger partial charge in [-0.2, -0.15) is 0 Å². The number of aromatic amines is 1. The van der Waals surface area contributed by atoms with Crippen molar-refractivity contribution >= 4 is 5.91 Å². The quantitative estimate of drug-likeness (QED) is 0.553. The number of hydrogen-bond acceptors (Lipinski definition) is 5. The Balaban J connectivity index is 1.32. The van der Waals surface area contributed by atoms with E-state index in [4.69, 9.17) is 4.74 Å². The molecule has 0 aliphatic heterocycles. The van der Waals surface area contributed by atoms with Crippen LogP contribution in [0.3, 0.4) is 0 Å². The smallest absolute Gasteiger partial charge is 0.273 e. The van der Waals surface area contributed by atoms with Crippen molar-refractivity contribution in [2.24, 2.45) is 5.92 Å². The van der Waals surface area contributed by atoms with E-state index in [1.54, 1.807) is 12.1 Å². The van der Waals surface area contributed by atoms with Gasteiger partial charge in [-0.3, -0.25) is 9.59 Å². The number of amides is 1. The van der Waals surface area contributed by atoms with E-state index in [0.717, 1.165) is 11.3 Å². The number of H-pyrrole nitrogens is 1. The lowest BCUT2D eigenvalue weighted by atomic mass is 10.2. The highest BCUT2D eigenvalue weighted by molar-refractivity contribution is 5.76. The molecule has 4 rings (SSSR count). The molecule has 31 heavy (non-hydrogen) atoms. The van der Waals surface area contributed by atoms with Crippen LogP contribution in [0.4, 0.5) is 4.39 Å². The maximum Gasteiger partial charge on any atom is 0.273 e. The SMILES string of the molecule is O=C(CCc1nnc(-c2cccc(OCC3CC3)c2)[nH]c1=O)NCc1ccc(F)cc1. The molecule has 1 saturated carbocycles. The lowest BCUT2D eigenvalue weighted by Crippen LogP contribution is -2.25. The van der Waals surface area contributed by atoms with Gasteiger partial charge in [0.25, 0.3) is 5.56 Å². The van der Waals surface area contributed by atoms with Crippen molar-refractivity contribution < 1.29 is 13.9 Å². The minimum Gasteiger partial charge on any atom is -0.493 e. The van der Waals surface area contributed by atoms with Crippen LogP contribution in [0, 0.1) is 11.7 Å². The van der Waals surface area contributed by atoms with Gasteiger partial charge in [-0.1, -0.05) is 24.3 Å². The molecule has 0 unspecified atom stereocenters. The maximum atomic E-state index is 12.9. The molecular formula is C23H23FN4O3. The summed E-state index contributed by atoms with van der Waals surface area (Å²) in [6, 6.07) is 13.3. The number of aryl methyl sites for hydroxylation is 1. The van der Waals surface area contributed by atoms with Gasteiger partial charge < -0.3 is 15.0 Å². The maximum absolute atomic E-state index is 12.9. The van der Waals surface area contributed by atoms with Gasteiger partial charge in [-0.25, -0.2) is 4.39 Å². The monoisotopic (exact) mass is 422 g/mol. The number of hydrogen-bond donors (Lipinski definition) is 2. The summed E-state index contributed by atoms with van der Waals surface area (Å²) in [5, 5.41) is 10.9. The number of carbonyl (C=O) groups is 1. The average Bonchev–Trinajstić information content (AvgIpc) is 3.61. The summed E-state index contributed by atoms with van der Waals surface area (Å²) >= 11 is 0. The Hall–Kier alpha value is -3.55. The summed E-state index contributed by atoms with van der Waals surface area (Å²) in [4.78, 5) is 27.2. The zero-order chi connectivity index (χ0) is 21.6. The number of ether oxygens (including phenoxy) is 1. The van der Waals surface area contributed by atoms with Crippen molar-refractivity contribution in [3.8, 4) is 17.1 Å². The highest BCUT2D eigenvalue weighted by atomic mass is 19.1. The van der Waals surface area contributed by atoms with Gasteiger partial charge in [0.05, 0.1) is 6.61 Å². The Labute approximate surface area is 178 Å². The molecule has 2 aromatic carbocycles. The van der Waals surface area contributed by atoms with Crippen molar-refractivity contribution in [1.29, 1.82) is 0 Å². The second-order valence-corrected chi connectivity index (χ2v) is 7.63. The minimum absolute atomic E-state index is 0.1000. The summed E-state index contributed by atoms with van der Waals surface area (Å²) in [5.41, 5.74) is 1.32. The molecular weight excluding hydrogens is 399 g/mol. The molecule has 1 amide bonds. The number of aromatic nitrogens is 3. The molecule has 0 spiro atoms. The van der Waals surface area contributed by atoms with Crippen LogP contribution in [0.5, 0.6) is 5.75 Å². The minimum atomic E-state index is -0.374. The summed E-state index contributed by atoms with van der Waals surface area (Å²) in [6.07, 6.45) is 2.69. The van der Waals surface area contributed by atoms with Gasteiger partial charge in [0.2, 0.25) is 5.91 Å². The lowest BCUT2D eigenvalue weighted by Gasteiger charge is -2.07. The molecule has 1 heterocycles. The van der Waals surface area contributed by atoms with Crippen LogP contribution in [-0.2, 0) is 17.8 Å². The van der Waals surface area contributed by atoms with E-state index in [2.05, 4.69) is 20.5 Å². The molecule has 1 aromatic heterocycles. The molecule has 0 bridgehead atoms. The highest BCUT2D eigenvalue weighted by Gasteiger charge is 2.22. The summed E-state index contributed by atoms with van der Waals surface area (Å²) in [5.74, 6) is 1.18. The molecule has 160 valence electrons. The molecule has 3 aromatic rings. The molecule has 0 radical (unpaired) electrons. The van der Waals surface area contributed by atoms with Crippen LogP contribution in [0.2, 0.25) is 0 Å². The third-order valence-corrected chi connectivity index (χ3v) is 5.05. The summed E-state index contributed by atoms with van der Waals surface area (Å²) in [7, 11) is 0. The normalized spacial score (nSPS) is 13.1. The molecule has 1 aliphatic rings. The van der Waals surface area contributed by atoms with Gasteiger partial charge in [-0.05, 0) is 48.6 Å². The Kier molecular flexibility index (Phi) is 6.35. The van der Waals surface area contributed by atoms with Crippen molar-refractivity contribution in [2.75, 3.05) is 6.61 Å². The molecule has 0 atom stereocenters. The molecule has 8 heteroatoms. The van der Waals surface area contributed by atoms with E-state index in [-0.39, 0.29) is 35.8 Å². The third-order valence-electron chi connectivity index (χ3n) is 5.05. The molecule has 0 saturated heterocycles. The third kappa shape index (κ3) is 5.97. The molecule has 1 fully saturated rings. The topological polar surface area (TPSA) is 97.0 Å². The fraction of sp³-hybridized carbons (Fsp3) is 0.304. The Bertz CT molecular complexity index is 1110. The number of nitrogens with one attached hydrogen (secondary N) is 2. The summed E-state index contributed by atoms with van der Waals surface area (Å²) < 4.78 is 18.7. The van der Waals surface area contributed by atoms with Gasteiger partial charge in [0.15, 0.2) is 5.82 Å². The first kappa shape index (κ1) is 20.7. The second-order valence-electron chi connectivity index (χ2n) is 7.63. The number of carbonyl (C=O) groups excluding carboxylic acids is 1. The molecule has 1 aliphatic carbocycles. The van der Waals surface area contributed by atoms with E-state index in [1.807, 2.05) is 24.3 Å². The van der Waals surface area contributed by atoms with E-state index in [0.29, 0.717) is 30.5 Å². The zero-order valence-electron chi connectivity index (χ0n) is 16.9.